The average molecular weight is 311 g/mol. The molecule has 2 heterocycles. The number of hydrogen-bond acceptors (Lipinski definition) is 4. The van der Waals surface area contributed by atoms with Crippen molar-refractivity contribution in [1.82, 2.24) is 14.8 Å². The second-order valence-electron chi connectivity index (χ2n) is 6.14. The highest BCUT2D eigenvalue weighted by Crippen LogP contribution is 2.22. The van der Waals surface area contributed by atoms with E-state index in [-0.39, 0.29) is 0 Å². The average Bonchev–Trinajstić information content (AvgIpc) is 2.44. The quantitative estimate of drug-likeness (QED) is 0.875. The van der Waals surface area contributed by atoms with Crippen molar-refractivity contribution in [3.8, 4) is 0 Å². The maximum atomic E-state index is 6.29. The number of aromatic nitrogens is 1. The minimum absolute atomic E-state index is 0.770. The summed E-state index contributed by atoms with van der Waals surface area (Å²) in [7, 11) is 4.31. The molecule has 0 saturated carbocycles. The number of pyridine rings is 1. The van der Waals surface area contributed by atoms with Crippen LogP contribution in [0.15, 0.2) is 12.1 Å². The van der Waals surface area contributed by atoms with Crippen LogP contribution >= 0.6 is 11.6 Å². The van der Waals surface area contributed by atoms with Crippen molar-refractivity contribution in [2.75, 3.05) is 45.6 Å². The van der Waals surface area contributed by atoms with Gasteiger partial charge in [-0.2, -0.15) is 0 Å². The summed E-state index contributed by atoms with van der Waals surface area (Å²) >= 11 is 6.29. The first-order valence-corrected chi connectivity index (χ1v) is 8.22. The molecule has 5 heteroatoms. The van der Waals surface area contributed by atoms with E-state index in [1.54, 1.807) is 0 Å². The van der Waals surface area contributed by atoms with Gasteiger partial charge >= 0.3 is 0 Å². The monoisotopic (exact) mass is 310 g/mol. The van der Waals surface area contributed by atoms with Crippen molar-refractivity contribution in [2.24, 2.45) is 5.92 Å². The lowest BCUT2D eigenvalue weighted by Gasteiger charge is -2.33. The van der Waals surface area contributed by atoms with Crippen molar-refractivity contribution in [3.05, 3.63) is 22.8 Å². The number of nitrogens with one attached hydrogen (secondary N) is 1. The van der Waals surface area contributed by atoms with Crippen LogP contribution in [0.5, 0.6) is 0 Å². The van der Waals surface area contributed by atoms with E-state index in [1.165, 1.54) is 19.4 Å². The molecule has 0 unspecified atom stereocenters. The zero-order chi connectivity index (χ0) is 15.2. The highest BCUT2D eigenvalue weighted by atomic mass is 35.5. The predicted octanol–water partition coefficient (Wildman–Crippen LogP) is 2.94. The Morgan fingerprint density at radius 2 is 2.05 bits per heavy atom. The van der Waals surface area contributed by atoms with E-state index in [0.29, 0.717) is 0 Å². The molecule has 1 saturated heterocycles. The van der Waals surface area contributed by atoms with Crippen molar-refractivity contribution in [3.63, 3.8) is 0 Å². The van der Waals surface area contributed by atoms with E-state index >= 15 is 0 Å². The van der Waals surface area contributed by atoms with E-state index < -0.39 is 0 Å². The first-order chi connectivity index (χ1) is 10.1. The maximum Gasteiger partial charge on any atom is 0.126 e. The van der Waals surface area contributed by atoms with E-state index in [1.807, 2.05) is 12.1 Å². The van der Waals surface area contributed by atoms with Crippen molar-refractivity contribution >= 4 is 17.4 Å². The van der Waals surface area contributed by atoms with Crippen LogP contribution in [0.4, 0.5) is 5.82 Å². The van der Waals surface area contributed by atoms with Crippen LogP contribution in [0.1, 0.15) is 25.5 Å². The molecule has 118 valence electrons. The summed E-state index contributed by atoms with van der Waals surface area (Å²) in [5.74, 6) is 1.74. The maximum absolute atomic E-state index is 6.29. The molecule has 1 fully saturated rings. The summed E-state index contributed by atoms with van der Waals surface area (Å²) in [6.45, 7) is 7.29. The molecule has 0 bridgehead atoms. The van der Waals surface area contributed by atoms with Crippen molar-refractivity contribution < 1.29 is 0 Å². The molecule has 21 heavy (non-hydrogen) atoms. The Morgan fingerprint density at radius 1 is 1.33 bits per heavy atom. The number of hydrogen-bond donors (Lipinski definition) is 1. The first-order valence-electron chi connectivity index (χ1n) is 7.85. The van der Waals surface area contributed by atoms with Crippen LogP contribution in [0.2, 0.25) is 5.02 Å². The summed E-state index contributed by atoms with van der Waals surface area (Å²) in [6, 6.07) is 3.89. The highest BCUT2D eigenvalue weighted by Gasteiger charge is 2.20. The Balaban J connectivity index is 1.89. The normalized spacial score (nSPS) is 17.4. The molecule has 0 aliphatic carbocycles. The Kier molecular flexibility index (Phi) is 6.27. The Bertz CT molecular complexity index is 442. The molecule has 1 aromatic heterocycles. The van der Waals surface area contributed by atoms with Gasteiger partial charge in [0, 0.05) is 19.6 Å². The topological polar surface area (TPSA) is 31.4 Å². The van der Waals surface area contributed by atoms with Gasteiger partial charge in [-0.15, -0.1) is 0 Å². The molecule has 0 atom stereocenters. The third kappa shape index (κ3) is 5.13. The van der Waals surface area contributed by atoms with Gasteiger partial charge in [0.05, 0.1) is 10.7 Å². The number of nitrogens with zero attached hydrogens (tertiary/aromatic N) is 3. The van der Waals surface area contributed by atoms with Gasteiger partial charge in [0.15, 0.2) is 0 Å². The summed E-state index contributed by atoms with van der Waals surface area (Å²) < 4.78 is 0. The number of anilines is 1. The molecule has 1 aliphatic rings. The lowest BCUT2D eigenvalue weighted by molar-refractivity contribution is 0.155. The second-order valence-corrected chi connectivity index (χ2v) is 6.54. The highest BCUT2D eigenvalue weighted by molar-refractivity contribution is 6.31. The SMILES string of the molecule is CCNc1ccc(Cl)c(CN2CCC(CN(C)C)CC2)n1. The summed E-state index contributed by atoms with van der Waals surface area (Å²) in [5, 5.41) is 4.02. The zero-order valence-corrected chi connectivity index (χ0v) is 14.2. The van der Waals surface area contributed by atoms with Crippen LogP contribution in [-0.4, -0.2) is 55.1 Å². The molecular formula is C16H27ClN4. The van der Waals surface area contributed by atoms with Crippen LogP contribution in [0.25, 0.3) is 0 Å². The summed E-state index contributed by atoms with van der Waals surface area (Å²) in [6.07, 6.45) is 2.53. The molecule has 0 radical (unpaired) electrons. The lowest BCUT2D eigenvalue weighted by Crippen LogP contribution is -2.36. The Hall–Kier alpha value is -0.840. The van der Waals surface area contributed by atoms with E-state index in [2.05, 4.69) is 41.1 Å². The molecule has 0 spiro atoms. The van der Waals surface area contributed by atoms with Gasteiger partial charge in [-0.3, -0.25) is 4.90 Å². The number of likely N-dealkylation sites (tertiary alicyclic amines) is 1. The van der Waals surface area contributed by atoms with Gasteiger partial charge < -0.3 is 10.2 Å². The molecule has 1 aliphatic heterocycles. The minimum atomic E-state index is 0.770. The molecule has 1 aromatic rings. The Morgan fingerprint density at radius 3 is 2.67 bits per heavy atom. The summed E-state index contributed by atoms with van der Waals surface area (Å²) in [5.41, 5.74) is 0.987. The van der Waals surface area contributed by atoms with Gasteiger partial charge in [0.25, 0.3) is 0 Å². The fraction of sp³-hybridized carbons (Fsp3) is 0.688. The van der Waals surface area contributed by atoms with Crippen LogP contribution in [0.3, 0.4) is 0 Å². The van der Waals surface area contributed by atoms with Gasteiger partial charge in [-0.05, 0) is 65.0 Å². The van der Waals surface area contributed by atoms with Gasteiger partial charge in [0.2, 0.25) is 0 Å². The van der Waals surface area contributed by atoms with Crippen LogP contribution in [0, 0.1) is 5.92 Å². The van der Waals surface area contributed by atoms with Gasteiger partial charge in [-0.1, -0.05) is 11.6 Å². The second kappa shape index (κ2) is 7.97. The van der Waals surface area contributed by atoms with Gasteiger partial charge in [0.1, 0.15) is 5.82 Å². The van der Waals surface area contributed by atoms with E-state index in [4.69, 9.17) is 11.6 Å². The number of halogens is 1. The Labute approximate surface area is 133 Å². The minimum Gasteiger partial charge on any atom is -0.370 e. The van der Waals surface area contributed by atoms with Gasteiger partial charge in [-0.25, -0.2) is 4.98 Å². The standard InChI is InChI=1S/C16H27ClN4/c1-4-18-16-6-5-14(17)15(19-16)12-21-9-7-13(8-10-21)11-20(2)3/h5-6,13H,4,7-12H2,1-3H3,(H,18,19). The van der Waals surface area contributed by atoms with Crippen molar-refractivity contribution in [2.45, 2.75) is 26.3 Å². The molecule has 0 amide bonds. The predicted molar refractivity (Wildman–Crippen MR) is 90.0 cm³/mol. The van der Waals surface area contributed by atoms with Crippen molar-refractivity contribution in [1.29, 1.82) is 0 Å². The molecule has 4 nitrogen and oxygen atoms in total. The van der Waals surface area contributed by atoms with Crippen LogP contribution in [-0.2, 0) is 6.54 Å². The molecule has 1 N–H and O–H groups in total. The van der Waals surface area contributed by atoms with E-state index in [9.17, 15) is 0 Å². The molecule has 0 aromatic carbocycles. The smallest absolute Gasteiger partial charge is 0.126 e. The molecule has 2 rings (SSSR count). The largest absolute Gasteiger partial charge is 0.370 e. The summed E-state index contributed by atoms with van der Waals surface area (Å²) in [4.78, 5) is 9.39. The van der Waals surface area contributed by atoms with Crippen LogP contribution < -0.4 is 5.32 Å². The fourth-order valence-corrected chi connectivity index (χ4v) is 3.10. The first kappa shape index (κ1) is 16.5. The fourth-order valence-electron chi connectivity index (χ4n) is 2.93. The third-order valence-corrected chi connectivity index (χ3v) is 4.32. The number of piperidine rings is 1. The number of rotatable bonds is 6. The lowest BCUT2D eigenvalue weighted by atomic mass is 9.96. The molecular weight excluding hydrogens is 284 g/mol. The zero-order valence-electron chi connectivity index (χ0n) is 13.4. The van der Waals surface area contributed by atoms with E-state index in [0.717, 1.165) is 48.6 Å². The third-order valence-electron chi connectivity index (χ3n) is 3.98.